The van der Waals surface area contributed by atoms with Gasteiger partial charge in [0.25, 0.3) is 5.91 Å². The van der Waals surface area contributed by atoms with Crippen LogP contribution in [-0.4, -0.2) is 119 Å². The highest BCUT2D eigenvalue weighted by Crippen LogP contribution is 2.30. The molecule has 11 nitrogen and oxygen atoms in total. The molecule has 2 N–H and O–H groups in total. The van der Waals surface area contributed by atoms with Gasteiger partial charge in [0.05, 0.1) is 0 Å². The Bertz CT molecular complexity index is 1440. The molecular weight excluding hydrogens is 598 g/mol. The first-order valence-electron chi connectivity index (χ1n) is 17.1. The van der Waals surface area contributed by atoms with Crippen LogP contribution in [0.3, 0.4) is 0 Å². The van der Waals surface area contributed by atoms with Gasteiger partial charge in [-0.15, -0.1) is 0 Å². The summed E-state index contributed by atoms with van der Waals surface area (Å²) in [5, 5.41) is 13.4. The number of carbonyl (C=O) groups is 3. The first-order valence-corrected chi connectivity index (χ1v) is 17.1. The lowest BCUT2D eigenvalue weighted by Crippen LogP contribution is -2.59. The van der Waals surface area contributed by atoms with Crippen molar-refractivity contribution in [1.29, 1.82) is 0 Å². The molecule has 0 spiro atoms. The molecule has 1 atom stereocenters. The molecule has 11 heteroatoms. The van der Waals surface area contributed by atoms with Crippen LogP contribution in [0.25, 0.3) is 0 Å². The smallest absolute Gasteiger partial charge is 0.410 e. The Labute approximate surface area is 277 Å². The summed E-state index contributed by atoms with van der Waals surface area (Å²) in [4.78, 5) is 48.6. The standard InChI is InChI=1S/C36H49N5O6/c1-25-22-27(23-26(2)32(25)42)24-31(33(43)38-16-18-40(19-17-38)36(3)11-20-46-21-12-36)47-35(45)39-13-9-29(10-14-39)41-15-8-28-6-4-5-7-30(28)37-34(41)44/h4-7,22-23,29,31,42H,8-21,24H2,1-3H3,(H,37,44)/t31-/m1/s1. The van der Waals surface area contributed by atoms with Crippen molar-refractivity contribution >= 4 is 23.7 Å². The molecule has 3 saturated heterocycles. The Hall–Kier alpha value is -3.83. The summed E-state index contributed by atoms with van der Waals surface area (Å²) in [6.07, 6.45) is 2.75. The number of anilines is 1. The number of benzene rings is 2. The number of ether oxygens (including phenoxy) is 2. The van der Waals surface area contributed by atoms with E-state index in [2.05, 4.69) is 17.1 Å². The maximum atomic E-state index is 14.0. The summed E-state index contributed by atoms with van der Waals surface area (Å²) in [5.41, 5.74) is 4.33. The molecule has 0 aromatic heterocycles. The number of hydrogen-bond donors (Lipinski definition) is 2. The number of aryl methyl sites for hydroxylation is 2. The maximum Gasteiger partial charge on any atom is 0.410 e. The first-order chi connectivity index (χ1) is 22.6. The summed E-state index contributed by atoms with van der Waals surface area (Å²) in [5.74, 6) is 0.0467. The number of hydrogen-bond acceptors (Lipinski definition) is 7. The second-order valence-electron chi connectivity index (χ2n) is 13.8. The number of phenolic OH excluding ortho intramolecular Hbond substituents is 1. The molecular formula is C36H49N5O6. The van der Waals surface area contributed by atoms with E-state index in [4.69, 9.17) is 9.47 Å². The number of piperazine rings is 1. The number of nitrogens with one attached hydrogen (secondary N) is 1. The highest BCUT2D eigenvalue weighted by Gasteiger charge is 2.39. The monoisotopic (exact) mass is 647 g/mol. The average Bonchev–Trinajstić information content (AvgIpc) is 3.25. The highest BCUT2D eigenvalue weighted by molar-refractivity contribution is 5.91. The molecule has 0 unspecified atom stereocenters. The summed E-state index contributed by atoms with van der Waals surface area (Å²) in [6.45, 7) is 11.7. The second kappa shape index (κ2) is 14.1. The van der Waals surface area contributed by atoms with Crippen molar-refractivity contribution in [2.75, 3.05) is 64.3 Å². The zero-order chi connectivity index (χ0) is 33.1. The SMILES string of the molecule is Cc1cc(C[C@@H](OC(=O)N2CCC(N3CCc4ccccc4NC3=O)CC2)C(=O)N2CCN(C3(C)CCOCC3)CC2)cc(C)c1O. The van der Waals surface area contributed by atoms with Crippen molar-refractivity contribution in [2.45, 2.75) is 77.0 Å². The van der Waals surface area contributed by atoms with Crippen LogP contribution in [0.5, 0.6) is 5.75 Å². The van der Waals surface area contributed by atoms with E-state index in [1.807, 2.05) is 60.0 Å². The Morgan fingerprint density at radius 1 is 0.979 bits per heavy atom. The molecule has 0 saturated carbocycles. The topological polar surface area (TPSA) is 115 Å². The summed E-state index contributed by atoms with van der Waals surface area (Å²) < 4.78 is 11.6. The van der Waals surface area contributed by atoms with E-state index < -0.39 is 12.2 Å². The number of rotatable bonds is 6. The minimum Gasteiger partial charge on any atom is -0.507 e. The summed E-state index contributed by atoms with van der Waals surface area (Å²) in [6, 6.07) is 11.5. The molecule has 2 aromatic carbocycles. The van der Waals surface area contributed by atoms with E-state index in [0.29, 0.717) is 45.6 Å². The van der Waals surface area contributed by atoms with Gasteiger partial charge < -0.3 is 34.6 Å². The molecule has 4 aliphatic rings. The van der Waals surface area contributed by atoms with Crippen molar-refractivity contribution in [1.82, 2.24) is 19.6 Å². The number of amides is 4. The lowest BCUT2D eigenvalue weighted by molar-refractivity contribution is -0.144. The number of nitrogens with zero attached hydrogens (tertiary/aromatic N) is 4. The van der Waals surface area contributed by atoms with Gasteiger partial charge in [-0.05, 0) is 81.2 Å². The molecule has 6 rings (SSSR count). The molecule has 0 bridgehead atoms. The van der Waals surface area contributed by atoms with Gasteiger partial charge in [-0.3, -0.25) is 9.69 Å². The van der Waals surface area contributed by atoms with Gasteiger partial charge in [-0.25, -0.2) is 9.59 Å². The normalized spacial score (nSPS) is 21.4. The van der Waals surface area contributed by atoms with Gasteiger partial charge in [0.2, 0.25) is 0 Å². The molecule has 4 amide bonds. The molecule has 47 heavy (non-hydrogen) atoms. The van der Waals surface area contributed by atoms with E-state index in [1.54, 1.807) is 4.90 Å². The third-order valence-electron chi connectivity index (χ3n) is 10.7. The average molecular weight is 648 g/mol. The Kier molecular flexibility index (Phi) is 9.93. The zero-order valence-corrected chi connectivity index (χ0v) is 28.0. The van der Waals surface area contributed by atoms with Crippen LogP contribution in [0, 0.1) is 13.8 Å². The van der Waals surface area contributed by atoms with E-state index in [-0.39, 0.29) is 35.7 Å². The fraction of sp³-hybridized carbons (Fsp3) is 0.583. The molecule has 4 heterocycles. The minimum atomic E-state index is -0.983. The van der Waals surface area contributed by atoms with Crippen molar-refractivity contribution in [3.05, 3.63) is 58.7 Å². The number of fused-ring (bicyclic) bond motifs is 1. The number of urea groups is 1. The third-order valence-corrected chi connectivity index (χ3v) is 10.7. The third kappa shape index (κ3) is 7.36. The molecule has 0 aliphatic carbocycles. The Balaban J connectivity index is 1.09. The lowest BCUT2D eigenvalue weighted by Gasteiger charge is -2.48. The first kappa shape index (κ1) is 33.1. The minimum absolute atomic E-state index is 0.0163. The molecule has 0 radical (unpaired) electrons. The highest BCUT2D eigenvalue weighted by atomic mass is 16.6. The van der Waals surface area contributed by atoms with Crippen molar-refractivity contribution in [3.8, 4) is 5.75 Å². The number of para-hydroxylation sites is 1. The molecule has 4 aliphatic heterocycles. The fourth-order valence-corrected chi connectivity index (χ4v) is 7.65. The molecule has 2 aromatic rings. The van der Waals surface area contributed by atoms with Gasteiger partial charge in [0.15, 0.2) is 6.10 Å². The van der Waals surface area contributed by atoms with E-state index in [0.717, 1.165) is 73.5 Å². The van der Waals surface area contributed by atoms with Gasteiger partial charge >= 0.3 is 12.1 Å². The zero-order valence-electron chi connectivity index (χ0n) is 28.0. The predicted octanol–water partition coefficient (Wildman–Crippen LogP) is 4.32. The lowest BCUT2D eigenvalue weighted by atomic mass is 9.89. The van der Waals surface area contributed by atoms with Crippen LogP contribution in [0.4, 0.5) is 15.3 Å². The van der Waals surface area contributed by atoms with E-state index >= 15 is 0 Å². The summed E-state index contributed by atoms with van der Waals surface area (Å²) >= 11 is 0. The Morgan fingerprint density at radius 2 is 1.64 bits per heavy atom. The Morgan fingerprint density at radius 3 is 2.32 bits per heavy atom. The fourth-order valence-electron chi connectivity index (χ4n) is 7.65. The van der Waals surface area contributed by atoms with Crippen LogP contribution in [-0.2, 0) is 27.1 Å². The van der Waals surface area contributed by atoms with Crippen LogP contribution in [0.15, 0.2) is 36.4 Å². The largest absolute Gasteiger partial charge is 0.507 e. The van der Waals surface area contributed by atoms with Crippen molar-refractivity contribution in [3.63, 3.8) is 0 Å². The second-order valence-corrected chi connectivity index (χ2v) is 13.8. The van der Waals surface area contributed by atoms with Gasteiger partial charge in [-0.2, -0.15) is 0 Å². The van der Waals surface area contributed by atoms with Crippen LogP contribution in [0.2, 0.25) is 0 Å². The molecule has 254 valence electrons. The predicted molar refractivity (Wildman–Crippen MR) is 179 cm³/mol. The van der Waals surface area contributed by atoms with Crippen LogP contribution in [0.1, 0.15) is 54.9 Å². The van der Waals surface area contributed by atoms with E-state index in [9.17, 15) is 19.5 Å². The quantitative estimate of drug-likeness (QED) is 0.480. The maximum absolute atomic E-state index is 14.0. The van der Waals surface area contributed by atoms with Crippen molar-refractivity contribution < 1.29 is 29.0 Å². The summed E-state index contributed by atoms with van der Waals surface area (Å²) in [7, 11) is 0. The van der Waals surface area contributed by atoms with Gasteiger partial charge in [-0.1, -0.05) is 30.3 Å². The number of carbonyl (C=O) groups excluding carboxylic acids is 3. The number of phenols is 1. The van der Waals surface area contributed by atoms with Crippen molar-refractivity contribution in [2.24, 2.45) is 0 Å². The van der Waals surface area contributed by atoms with Gasteiger partial charge in [0.1, 0.15) is 5.75 Å². The number of piperidine rings is 1. The van der Waals surface area contributed by atoms with Crippen LogP contribution < -0.4 is 5.32 Å². The number of aromatic hydroxyl groups is 1. The van der Waals surface area contributed by atoms with Crippen LogP contribution >= 0.6 is 0 Å². The number of likely N-dealkylation sites (tertiary alicyclic amines) is 1. The molecule has 3 fully saturated rings. The van der Waals surface area contributed by atoms with Gasteiger partial charge in [0, 0.05) is 82.7 Å². The van der Waals surface area contributed by atoms with E-state index in [1.165, 1.54) is 0 Å².